The van der Waals surface area contributed by atoms with Gasteiger partial charge in [0.15, 0.2) is 0 Å². The van der Waals surface area contributed by atoms with Crippen molar-refractivity contribution < 1.29 is 4.39 Å². The molecule has 2 rings (SSSR count). The van der Waals surface area contributed by atoms with E-state index in [9.17, 15) is 14.0 Å². The Morgan fingerprint density at radius 1 is 1.10 bits per heavy atom. The summed E-state index contributed by atoms with van der Waals surface area (Å²) in [5.74, 6) is -0.408. The van der Waals surface area contributed by atoms with Gasteiger partial charge in [0.2, 0.25) is 0 Å². The molecule has 5 nitrogen and oxygen atoms in total. The number of rotatable bonds is 5. The Balaban J connectivity index is 2.35. The van der Waals surface area contributed by atoms with E-state index in [-0.39, 0.29) is 0 Å². The second kappa shape index (κ2) is 6.49. The van der Waals surface area contributed by atoms with Crippen molar-refractivity contribution in [3.8, 4) is 5.69 Å². The zero-order valence-corrected chi connectivity index (χ0v) is 12.1. The Hall–Kier alpha value is -2.21. The topological polar surface area (TPSA) is 47.2 Å². The fraction of sp³-hybridized carbons (Fsp3) is 0.333. The van der Waals surface area contributed by atoms with Crippen LogP contribution in [0.5, 0.6) is 0 Å². The monoisotopic (exact) mass is 291 g/mol. The molecule has 0 amide bonds. The van der Waals surface area contributed by atoms with Gasteiger partial charge in [-0.3, -0.25) is 4.79 Å². The highest BCUT2D eigenvalue weighted by Gasteiger charge is 2.07. The van der Waals surface area contributed by atoms with E-state index >= 15 is 0 Å². The molecule has 2 aromatic rings. The Morgan fingerprint density at radius 2 is 1.76 bits per heavy atom. The lowest BCUT2D eigenvalue weighted by molar-refractivity contribution is 0.383. The van der Waals surface area contributed by atoms with Gasteiger partial charge in [-0.15, -0.1) is 0 Å². The van der Waals surface area contributed by atoms with Gasteiger partial charge < -0.3 is 9.47 Å². The molecule has 0 N–H and O–H groups in total. The normalized spacial score (nSPS) is 11.0. The average Bonchev–Trinajstić information content (AvgIpc) is 2.43. The molecule has 0 aliphatic rings. The van der Waals surface area contributed by atoms with Gasteiger partial charge in [-0.1, -0.05) is 0 Å². The van der Waals surface area contributed by atoms with Gasteiger partial charge in [0, 0.05) is 18.8 Å². The van der Waals surface area contributed by atoms with Crippen molar-refractivity contribution in [2.45, 2.75) is 13.0 Å². The summed E-state index contributed by atoms with van der Waals surface area (Å²) in [5, 5.41) is 0. The van der Waals surface area contributed by atoms with Crippen LogP contribution in [-0.2, 0) is 6.54 Å². The zero-order valence-electron chi connectivity index (χ0n) is 12.1. The maximum absolute atomic E-state index is 12.9. The van der Waals surface area contributed by atoms with Crippen molar-refractivity contribution in [2.75, 3.05) is 20.6 Å². The molecule has 112 valence electrons. The number of halogens is 1. The summed E-state index contributed by atoms with van der Waals surface area (Å²) < 4.78 is 15.5. The Morgan fingerprint density at radius 3 is 2.38 bits per heavy atom. The summed E-state index contributed by atoms with van der Waals surface area (Å²) in [7, 11) is 3.92. The molecular formula is C15H18FN3O2. The summed E-state index contributed by atoms with van der Waals surface area (Å²) in [6.45, 7) is 1.38. The van der Waals surface area contributed by atoms with Crippen molar-refractivity contribution in [3.05, 3.63) is 63.2 Å². The van der Waals surface area contributed by atoms with Crippen LogP contribution in [0.1, 0.15) is 6.42 Å². The molecule has 0 saturated carbocycles. The van der Waals surface area contributed by atoms with Crippen LogP contribution in [0.4, 0.5) is 4.39 Å². The molecule has 0 aliphatic heterocycles. The largest absolute Gasteiger partial charge is 0.335 e. The van der Waals surface area contributed by atoms with Crippen LogP contribution < -0.4 is 11.2 Å². The van der Waals surface area contributed by atoms with Gasteiger partial charge in [0.25, 0.3) is 5.56 Å². The first-order valence-corrected chi connectivity index (χ1v) is 6.72. The molecule has 0 radical (unpaired) electrons. The van der Waals surface area contributed by atoms with Crippen molar-refractivity contribution >= 4 is 0 Å². The van der Waals surface area contributed by atoms with E-state index in [0.29, 0.717) is 12.2 Å². The predicted molar refractivity (Wildman–Crippen MR) is 79.4 cm³/mol. The first-order valence-electron chi connectivity index (χ1n) is 6.72. The minimum atomic E-state index is -0.421. The summed E-state index contributed by atoms with van der Waals surface area (Å²) in [6, 6.07) is 6.64. The zero-order chi connectivity index (χ0) is 15.4. The van der Waals surface area contributed by atoms with E-state index in [2.05, 4.69) is 0 Å². The van der Waals surface area contributed by atoms with Gasteiger partial charge >= 0.3 is 5.69 Å². The minimum Gasteiger partial charge on any atom is -0.309 e. The van der Waals surface area contributed by atoms with Crippen LogP contribution in [0.25, 0.3) is 5.69 Å². The number of aryl methyl sites for hydroxylation is 1. The summed E-state index contributed by atoms with van der Waals surface area (Å²) in [4.78, 5) is 26.3. The third-order valence-electron chi connectivity index (χ3n) is 3.14. The molecular weight excluding hydrogens is 273 g/mol. The van der Waals surface area contributed by atoms with E-state index in [4.69, 9.17) is 0 Å². The first-order chi connectivity index (χ1) is 9.99. The lowest BCUT2D eigenvalue weighted by Gasteiger charge is -2.12. The molecule has 1 heterocycles. The van der Waals surface area contributed by atoms with Gasteiger partial charge in [-0.25, -0.2) is 13.8 Å². The highest BCUT2D eigenvalue weighted by molar-refractivity contribution is 5.31. The number of hydrogen-bond donors (Lipinski definition) is 0. The fourth-order valence-corrected chi connectivity index (χ4v) is 2.07. The standard InChI is InChI=1S/C15H18FN3O2/c1-17(2)9-3-10-18-11-8-14(20)19(15(18)21)13-6-4-12(16)5-7-13/h4-8,11H,3,9-10H2,1-2H3. The van der Waals surface area contributed by atoms with Gasteiger partial charge in [0.05, 0.1) is 5.69 Å². The molecule has 0 fully saturated rings. The molecule has 0 spiro atoms. The quantitative estimate of drug-likeness (QED) is 0.828. The van der Waals surface area contributed by atoms with Crippen molar-refractivity contribution in [1.29, 1.82) is 0 Å². The third-order valence-corrected chi connectivity index (χ3v) is 3.14. The molecule has 0 unspecified atom stereocenters. The molecule has 0 aliphatic carbocycles. The number of nitrogens with zero attached hydrogens (tertiary/aromatic N) is 3. The highest BCUT2D eigenvalue weighted by atomic mass is 19.1. The van der Waals surface area contributed by atoms with Crippen LogP contribution >= 0.6 is 0 Å². The van der Waals surface area contributed by atoms with Gasteiger partial charge in [0.1, 0.15) is 5.82 Å². The summed E-state index contributed by atoms with van der Waals surface area (Å²) in [6.07, 6.45) is 2.30. The van der Waals surface area contributed by atoms with Crippen LogP contribution in [-0.4, -0.2) is 34.7 Å². The van der Waals surface area contributed by atoms with Crippen LogP contribution in [0, 0.1) is 5.82 Å². The Labute approximate surface area is 121 Å². The number of benzene rings is 1. The number of hydrogen-bond acceptors (Lipinski definition) is 3. The second-order valence-corrected chi connectivity index (χ2v) is 5.10. The van der Waals surface area contributed by atoms with E-state index in [0.717, 1.165) is 17.5 Å². The fourth-order valence-electron chi connectivity index (χ4n) is 2.07. The van der Waals surface area contributed by atoms with Crippen molar-refractivity contribution in [1.82, 2.24) is 14.0 Å². The molecule has 0 saturated heterocycles. The van der Waals surface area contributed by atoms with Gasteiger partial charge in [-0.05, 0) is 51.3 Å². The average molecular weight is 291 g/mol. The van der Waals surface area contributed by atoms with Crippen molar-refractivity contribution in [3.63, 3.8) is 0 Å². The van der Waals surface area contributed by atoms with Crippen LogP contribution in [0.3, 0.4) is 0 Å². The molecule has 6 heteroatoms. The SMILES string of the molecule is CN(C)CCCn1ccc(=O)n(-c2ccc(F)cc2)c1=O. The van der Waals surface area contributed by atoms with E-state index < -0.39 is 17.1 Å². The minimum absolute atomic E-state index is 0.369. The van der Waals surface area contributed by atoms with E-state index in [1.54, 1.807) is 0 Å². The van der Waals surface area contributed by atoms with Gasteiger partial charge in [-0.2, -0.15) is 0 Å². The molecule has 1 aromatic carbocycles. The summed E-state index contributed by atoms with van der Waals surface area (Å²) >= 11 is 0. The Bertz CT molecular complexity index is 717. The smallest absolute Gasteiger partial charge is 0.309 e. The Kier molecular flexibility index (Phi) is 4.70. The van der Waals surface area contributed by atoms with Crippen LogP contribution in [0.2, 0.25) is 0 Å². The molecule has 0 atom stereocenters. The predicted octanol–water partition coefficient (Wildman–Crippen LogP) is 1.09. The second-order valence-electron chi connectivity index (χ2n) is 5.10. The van der Waals surface area contributed by atoms with E-state index in [1.807, 2.05) is 19.0 Å². The summed E-state index contributed by atoms with van der Waals surface area (Å²) in [5.41, 5.74) is -0.461. The molecule has 0 bridgehead atoms. The highest BCUT2D eigenvalue weighted by Crippen LogP contribution is 2.04. The maximum Gasteiger partial charge on any atom is 0.335 e. The van der Waals surface area contributed by atoms with E-state index in [1.165, 1.54) is 41.1 Å². The van der Waals surface area contributed by atoms with Crippen molar-refractivity contribution in [2.24, 2.45) is 0 Å². The lowest BCUT2D eigenvalue weighted by atomic mass is 10.3. The third kappa shape index (κ3) is 3.66. The number of aromatic nitrogens is 2. The maximum atomic E-state index is 12.9. The molecule has 1 aromatic heterocycles. The molecule has 21 heavy (non-hydrogen) atoms. The van der Waals surface area contributed by atoms with Crippen LogP contribution in [0.15, 0.2) is 46.1 Å². The lowest BCUT2D eigenvalue weighted by Crippen LogP contribution is -2.38. The first kappa shape index (κ1) is 15.2.